The van der Waals surface area contributed by atoms with E-state index in [2.05, 4.69) is 22.4 Å². The highest BCUT2D eigenvalue weighted by Gasteiger charge is 2.55. The third-order valence-corrected chi connectivity index (χ3v) is 5.68. The quantitative estimate of drug-likeness (QED) is 0.728. The van der Waals surface area contributed by atoms with Crippen molar-refractivity contribution < 1.29 is 9.59 Å². The zero-order valence-electron chi connectivity index (χ0n) is 11.6. The Balaban J connectivity index is 1.84. The van der Waals surface area contributed by atoms with Crippen LogP contribution in [0, 0.1) is 11.8 Å². The van der Waals surface area contributed by atoms with Crippen molar-refractivity contribution in [1.29, 1.82) is 0 Å². The minimum Gasteiger partial charge on any atom is -0.357 e. The first-order chi connectivity index (χ1) is 10.3. The predicted octanol–water partition coefficient (Wildman–Crippen LogP) is 2.42. The monoisotopic (exact) mass is 280 g/mol. The Labute approximate surface area is 121 Å². The highest BCUT2D eigenvalue weighted by atomic mass is 16.2. The Morgan fingerprint density at radius 2 is 1.90 bits per heavy atom. The number of rotatable bonds is 0. The number of H-pyrrole nitrogens is 1. The molecule has 4 atom stereocenters. The van der Waals surface area contributed by atoms with E-state index in [-0.39, 0.29) is 23.7 Å². The van der Waals surface area contributed by atoms with Crippen molar-refractivity contribution in [3.63, 3.8) is 0 Å². The van der Waals surface area contributed by atoms with Crippen molar-refractivity contribution in [3.05, 3.63) is 35.5 Å². The summed E-state index contributed by atoms with van der Waals surface area (Å²) in [5, 5.41) is 3.79. The largest absolute Gasteiger partial charge is 0.357 e. The first kappa shape index (κ1) is 11.5. The van der Waals surface area contributed by atoms with Gasteiger partial charge in [0.2, 0.25) is 11.8 Å². The van der Waals surface area contributed by atoms with E-state index < -0.39 is 0 Å². The van der Waals surface area contributed by atoms with E-state index in [9.17, 15) is 9.59 Å². The van der Waals surface area contributed by atoms with Crippen molar-refractivity contribution in [2.45, 2.75) is 31.1 Å². The number of carbonyl (C=O) groups excluding carboxylic acids is 2. The van der Waals surface area contributed by atoms with Crippen LogP contribution in [0.4, 0.5) is 0 Å². The van der Waals surface area contributed by atoms with Gasteiger partial charge in [0.05, 0.1) is 11.8 Å². The number of carbonyl (C=O) groups is 2. The van der Waals surface area contributed by atoms with Crippen LogP contribution in [-0.4, -0.2) is 16.8 Å². The van der Waals surface area contributed by atoms with Gasteiger partial charge in [0.1, 0.15) is 0 Å². The number of imide groups is 1. The summed E-state index contributed by atoms with van der Waals surface area (Å²) >= 11 is 0. The minimum absolute atomic E-state index is 0.0637. The summed E-state index contributed by atoms with van der Waals surface area (Å²) in [6.45, 7) is 0. The molecule has 2 aliphatic carbocycles. The molecule has 21 heavy (non-hydrogen) atoms. The first-order valence-electron chi connectivity index (χ1n) is 7.71. The van der Waals surface area contributed by atoms with Crippen molar-refractivity contribution in [3.8, 4) is 0 Å². The van der Waals surface area contributed by atoms with E-state index >= 15 is 0 Å². The number of hydrogen-bond donors (Lipinski definition) is 2. The molecule has 2 N–H and O–H groups in total. The number of fused-ring (bicyclic) bond motifs is 8. The van der Waals surface area contributed by atoms with E-state index in [1.54, 1.807) is 0 Å². The fourth-order valence-electron chi connectivity index (χ4n) is 4.96. The fraction of sp³-hybridized carbons (Fsp3) is 0.412. The molecule has 5 rings (SSSR count). The number of aromatic amines is 1. The van der Waals surface area contributed by atoms with Crippen LogP contribution in [0.3, 0.4) is 0 Å². The van der Waals surface area contributed by atoms with Gasteiger partial charge in [0.25, 0.3) is 0 Å². The molecule has 2 aromatic rings. The van der Waals surface area contributed by atoms with Gasteiger partial charge in [-0.2, -0.15) is 0 Å². The molecule has 2 amide bonds. The molecule has 2 fully saturated rings. The van der Waals surface area contributed by atoms with Gasteiger partial charge in [0, 0.05) is 16.6 Å². The highest BCUT2D eigenvalue weighted by Crippen LogP contribution is 2.56. The molecule has 0 bridgehead atoms. The number of benzene rings is 1. The number of aromatic nitrogens is 1. The number of nitrogens with one attached hydrogen (secondary N) is 2. The summed E-state index contributed by atoms with van der Waals surface area (Å²) in [7, 11) is 0. The second-order valence-electron chi connectivity index (χ2n) is 6.56. The molecular formula is C17H16N2O2. The van der Waals surface area contributed by atoms with Crippen LogP contribution >= 0.6 is 0 Å². The van der Waals surface area contributed by atoms with Gasteiger partial charge < -0.3 is 4.98 Å². The summed E-state index contributed by atoms with van der Waals surface area (Å²) < 4.78 is 0. The van der Waals surface area contributed by atoms with Crippen LogP contribution < -0.4 is 5.32 Å². The molecule has 1 aromatic carbocycles. The van der Waals surface area contributed by atoms with E-state index in [0.29, 0.717) is 11.8 Å². The lowest BCUT2D eigenvalue weighted by Gasteiger charge is -2.33. The Morgan fingerprint density at radius 3 is 2.81 bits per heavy atom. The molecule has 1 saturated heterocycles. The smallest absolute Gasteiger partial charge is 0.236 e. The molecule has 106 valence electrons. The summed E-state index contributed by atoms with van der Waals surface area (Å²) in [4.78, 5) is 28.0. The Morgan fingerprint density at radius 1 is 1.05 bits per heavy atom. The number of amides is 2. The highest BCUT2D eigenvalue weighted by molar-refractivity contribution is 6.09. The molecular weight excluding hydrogens is 264 g/mol. The number of hydrogen-bond acceptors (Lipinski definition) is 2. The van der Waals surface area contributed by atoms with Gasteiger partial charge in [0.15, 0.2) is 0 Å². The Bertz CT molecular complexity index is 791. The third kappa shape index (κ3) is 1.30. The average molecular weight is 280 g/mol. The van der Waals surface area contributed by atoms with Crippen molar-refractivity contribution in [2.24, 2.45) is 11.8 Å². The van der Waals surface area contributed by atoms with E-state index in [4.69, 9.17) is 0 Å². The SMILES string of the molecule is O=C1NC(=O)[C@H]2c3[nH]c4ccccc4c3[C@H]3CCC[C@H]3[C@@H]12. The average Bonchev–Trinajstić information content (AvgIpc) is 3.14. The minimum atomic E-state index is -0.306. The Hall–Kier alpha value is -2.10. The van der Waals surface area contributed by atoms with Crippen molar-refractivity contribution in [1.82, 2.24) is 10.3 Å². The Kier molecular flexibility index (Phi) is 2.06. The van der Waals surface area contributed by atoms with Gasteiger partial charge in [-0.15, -0.1) is 0 Å². The molecule has 0 radical (unpaired) electrons. The maximum atomic E-state index is 12.3. The topological polar surface area (TPSA) is 62.0 Å². The van der Waals surface area contributed by atoms with Crippen LogP contribution in [0.15, 0.2) is 24.3 Å². The predicted molar refractivity (Wildman–Crippen MR) is 77.8 cm³/mol. The van der Waals surface area contributed by atoms with Gasteiger partial charge in [-0.1, -0.05) is 24.6 Å². The van der Waals surface area contributed by atoms with E-state index in [1.807, 2.05) is 12.1 Å². The normalized spacial score (nSPS) is 33.7. The maximum Gasteiger partial charge on any atom is 0.236 e. The molecule has 1 saturated carbocycles. The zero-order valence-corrected chi connectivity index (χ0v) is 11.6. The van der Waals surface area contributed by atoms with Crippen LogP contribution in [0.1, 0.15) is 42.4 Å². The maximum absolute atomic E-state index is 12.3. The van der Waals surface area contributed by atoms with Gasteiger partial charge in [-0.25, -0.2) is 0 Å². The summed E-state index contributed by atoms with van der Waals surface area (Å²) in [5.41, 5.74) is 3.38. The van der Waals surface area contributed by atoms with Crippen LogP contribution in [0.2, 0.25) is 0 Å². The summed E-state index contributed by atoms with van der Waals surface area (Å²) in [5.74, 6) is 0.0985. The molecule has 0 unspecified atom stereocenters. The van der Waals surface area contributed by atoms with Crippen molar-refractivity contribution in [2.75, 3.05) is 0 Å². The van der Waals surface area contributed by atoms with E-state index in [0.717, 1.165) is 30.5 Å². The standard InChI is InChI=1S/C17H16N2O2/c20-16-13-9-6-3-5-8(9)12-10-4-1-2-7-11(10)18-15(12)14(13)17(21)19-16/h1-2,4,7-9,13-14,18H,3,5-6H2,(H,19,20,21)/t8-,9+,13+,14+/m0/s1. The van der Waals surface area contributed by atoms with Gasteiger partial charge >= 0.3 is 0 Å². The molecule has 3 aliphatic rings. The molecule has 1 aromatic heterocycles. The first-order valence-corrected chi connectivity index (χ1v) is 7.71. The van der Waals surface area contributed by atoms with Crippen molar-refractivity contribution >= 4 is 22.7 Å². The van der Waals surface area contributed by atoms with Gasteiger partial charge in [-0.05, 0) is 36.3 Å². The summed E-state index contributed by atoms with van der Waals surface area (Å²) in [6, 6.07) is 8.25. The zero-order chi connectivity index (χ0) is 14.1. The number of para-hydroxylation sites is 1. The second-order valence-corrected chi connectivity index (χ2v) is 6.56. The van der Waals surface area contributed by atoms with E-state index in [1.165, 1.54) is 10.9 Å². The molecule has 2 heterocycles. The lowest BCUT2D eigenvalue weighted by molar-refractivity contribution is -0.126. The van der Waals surface area contributed by atoms with Crippen LogP contribution in [0.5, 0.6) is 0 Å². The molecule has 4 heteroatoms. The fourth-order valence-corrected chi connectivity index (χ4v) is 4.96. The molecule has 1 aliphatic heterocycles. The summed E-state index contributed by atoms with van der Waals surface area (Å²) in [6.07, 6.45) is 3.34. The third-order valence-electron chi connectivity index (χ3n) is 5.68. The molecule has 0 spiro atoms. The lowest BCUT2D eigenvalue weighted by Crippen LogP contribution is -2.32. The van der Waals surface area contributed by atoms with Gasteiger partial charge in [-0.3, -0.25) is 14.9 Å². The van der Waals surface area contributed by atoms with Crippen LogP contribution in [0.25, 0.3) is 10.9 Å². The van der Waals surface area contributed by atoms with Crippen LogP contribution in [-0.2, 0) is 9.59 Å². The molecule has 4 nitrogen and oxygen atoms in total. The lowest BCUT2D eigenvalue weighted by atomic mass is 9.67. The second kappa shape index (κ2) is 3.75.